The van der Waals surface area contributed by atoms with Gasteiger partial charge in [0, 0.05) is 37.4 Å². The van der Waals surface area contributed by atoms with E-state index >= 15 is 0 Å². The highest BCUT2D eigenvalue weighted by Gasteiger charge is 2.26. The summed E-state index contributed by atoms with van der Waals surface area (Å²) >= 11 is 5.88. The van der Waals surface area contributed by atoms with E-state index in [4.69, 9.17) is 16.3 Å². The maximum Gasteiger partial charge on any atom is 0.409 e. The van der Waals surface area contributed by atoms with Gasteiger partial charge in [0.2, 0.25) is 0 Å². The van der Waals surface area contributed by atoms with E-state index in [0.29, 0.717) is 43.4 Å². The molecule has 25 heavy (non-hydrogen) atoms. The van der Waals surface area contributed by atoms with Crippen molar-refractivity contribution >= 4 is 23.6 Å². The van der Waals surface area contributed by atoms with Gasteiger partial charge < -0.3 is 14.5 Å². The van der Waals surface area contributed by atoms with Gasteiger partial charge in [-0.25, -0.2) is 9.48 Å². The van der Waals surface area contributed by atoms with E-state index in [2.05, 4.69) is 5.10 Å². The van der Waals surface area contributed by atoms with Crippen LogP contribution in [0, 0.1) is 0 Å². The summed E-state index contributed by atoms with van der Waals surface area (Å²) < 4.78 is 6.62. The standard InChI is InChI=1S/C17H19ClN4O3/c1-2-25-17(24)21-9-7-20(8-10-21)16(23)13-11-19-22(12-13)15-5-3-14(18)4-6-15/h3-6,11-12H,2,7-10H2,1H3. The highest BCUT2D eigenvalue weighted by Crippen LogP contribution is 2.15. The second-order valence-electron chi connectivity index (χ2n) is 5.63. The van der Waals surface area contributed by atoms with Crippen LogP contribution in [0.4, 0.5) is 4.79 Å². The minimum atomic E-state index is -0.329. The van der Waals surface area contributed by atoms with Crippen LogP contribution in [0.1, 0.15) is 17.3 Å². The van der Waals surface area contributed by atoms with Gasteiger partial charge in [0.25, 0.3) is 5.91 Å². The molecule has 1 aliphatic rings. The molecule has 2 aromatic rings. The van der Waals surface area contributed by atoms with Crippen LogP contribution in [0.25, 0.3) is 5.69 Å². The molecule has 1 aromatic heterocycles. The average Bonchev–Trinajstić information content (AvgIpc) is 3.12. The lowest BCUT2D eigenvalue weighted by Crippen LogP contribution is -2.50. The molecule has 0 unspecified atom stereocenters. The number of aromatic nitrogens is 2. The van der Waals surface area contributed by atoms with Crippen molar-refractivity contribution in [3.05, 3.63) is 47.2 Å². The van der Waals surface area contributed by atoms with Crippen molar-refractivity contribution in [1.82, 2.24) is 19.6 Å². The lowest BCUT2D eigenvalue weighted by Gasteiger charge is -2.33. The molecule has 3 rings (SSSR count). The maximum absolute atomic E-state index is 12.6. The Balaban J connectivity index is 1.63. The van der Waals surface area contributed by atoms with E-state index in [1.54, 1.807) is 45.9 Å². The fourth-order valence-electron chi connectivity index (χ4n) is 2.66. The van der Waals surface area contributed by atoms with Crippen LogP contribution < -0.4 is 0 Å². The van der Waals surface area contributed by atoms with Crippen LogP contribution in [0.3, 0.4) is 0 Å². The monoisotopic (exact) mass is 362 g/mol. The fraction of sp³-hybridized carbons (Fsp3) is 0.353. The van der Waals surface area contributed by atoms with Gasteiger partial charge in [-0.3, -0.25) is 4.79 Å². The summed E-state index contributed by atoms with van der Waals surface area (Å²) in [5.74, 6) is -0.0938. The quantitative estimate of drug-likeness (QED) is 0.841. The van der Waals surface area contributed by atoms with E-state index in [0.717, 1.165) is 5.69 Å². The van der Waals surface area contributed by atoms with Crippen LogP contribution in [0.5, 0.6) is 0 Å². The van der Waals surface area contributed by atoms with Crippen molar-refractivity contribution < 1.29 is 14.3 Å². The Morgan fingerprint density at radius 3 is 2.40 bits per heavy atom. The Kier molecular flexibility index (Phi) is 5.23. The van der Waals surface area contributed by atoms with Crippen molar-refractivity contribution in [3.63, 3.8) is 0 Å². The van der Waals surface area contributed by atoms with Gasteiger partial charge in [0.1, 0.15) is 0 Å². The molecule has 2 heterocycles. The van der Waals surface area contributed by atoms with Gasteiger partial charge in [-0.15, -0.1) is 0 Å². The molecule has 0 atom stereocenters. The van der Waals surface area contributed by atoms with Crippen molar-refractivity contribution in [2.45, 2.75) is 6.92 Å². The molecule has 132 valence electrons. The highest BCUT2D eigenvalue weighted by molar-refractivity contribution is 6.30. The first kappa shape index (κ1) is 17.3. The number of piperazine rings is 1. The van der Waals surface area contributed by atoms with E-state index in [1.807, 2.05) is 12.1 Å². The zero-order chi connectivity index (χ0) is 17.8. The minimum absolute atomic E-state index is 0.0938. The molecule has 0 aliphatic carbocycles. The third-order valence-electron chi connectivity index (χ3n) is 4.01. The van der Waals surface area contributed by atoms with Gasteiger partial charge in [-0.2, -0.15) is 5.10 Å². The first-order valence-corrected chi connectivity index (χ1v) is 8.48. The zero-order valence-corrected chi connectivity index (χ0v) is 14.6. The normalized spacial score (nSPS) is 14.5. The van der Waals surface area contributed by atoms with Crippen LogP contribution in [0.15, 0.2) is 36.7 Å². The SMILES string of the molecule is CCOC(=O)N1CCN(C(=O)c2cnn(-c3ccc(Cl)cc3)c2)CC1. The number of hydrogen-bond acceptors (Lipinski definition) is 4. The third kappa shape index (κ3) is 3.93. The summed E-state index contributed by atoms with van der Waals surface area (Å²) in [5.41, 5.74) is 1.34. The lowest BCUT2D eigenvalue weighted by molar-refractivity contribution is 0.0570. The molecular weight excluding hydrogens is 344 g/mol. The summed E-state index contributed by atoms with van der Waals surface area (Å²) in [5, 5.41) is 4.89. The molecule has 7 nitrogen and oxygen atoms in total. The van der Waals surface area contributed by atoms with Crippen molar-refractivity contribution in [3.8, 4) is 5.69 Å². The molecule has 0 bridgehead atoms. The topological polar surface area (TPSA) is 67.7 Å². The van der Waals surface area contributed by atoms with E-state index in [9.17, 15) is 9.59 Å². The molecule has 1 fully saturated rings. The molecule has 1 saturated heterocycles. The van der Waals surface area contributed by atoms with Crippen LogP contribution in [0.2, 0.25) is 5.02 Å². The molecule has 8 heteroatoms. The highest BCUT2D eigenvalue weighted by atomic mass is 35.5. The first-order chi connectivity index (χ1) is 12.1. The smallest absolute Gasteiger partial charge is 0.409 e. The Labute approximate surface area is 150 Å². The number of hydrogen-bond donors (Lipinski definition) is 0. The number of carbonyl (C=O) groups is 2. The molecule has 1 aliphatic heterocycles. The number of amides is 2. The molecule has 0 radical (unpaired) electrons. The summed E-state index contributed by atoms with van der Waals surface area (Å²) in [6.07, 6.45) is 2.92. The number of carbonyl (C=O) groups excluding carboxylic acids is 2. The number of benzene rings is 1. The molecule has 0 spiro atoms. The summed E-state index contributed by atoms with van der Waals surface area (Å²) in [7, 11) is 0. The maximum atomic E-state index is 12.6. The minimum Gasteiger partial charge on any atom is -0.450 e. The lowest BCUT2D eigenvalue weighted by atomic mass is 10.2. The average molecular weight is 363 g/mol. The van der Waals surface area contributed by atoms with Crippen molar-refractivity contribution in [2.75, 3.05) is 32.8 Å². The summed E-state index contributed by atoms with van der Waals surface area (Å²) in [6.45, 7) is 4.01. The Morgan fingerprint density at radius 1 is 1.12 bits per heavy atom. The van der Waals surface area contributed by atoms with E-state index < -0.39 is 0 Å². The summed E-state index contributed by atoms with van der Waals surface area (Å²) in [6, 6.07) is 7.22. The number of nitrogens with zero attached hydrogens (tertiary/aromatic N) is 4. The predicted octanol–water partition coefficient (Wildman–Crippen LogP) is 2.44. The van der Waals surface area contributed by atoms with Crippen molar-refractivity contribution in [2.24, 2.45) is 0 Å². The number of halogens is 1. The molecule has 1 aromatic carbocycles. The molecule has 2 amide bonds. The largest absolute Gasteiger partial charge is 0.450 e. The zero-order valence-electron chi connectivity index (χ0n) is 13.9. The Hall–Kier alpha value is -2.54. The van der Waals surface area contributed by atoms with E-state index in [1.165, 1.54) is 0 Å². The van der Waals surface area contributed by atoms with Gasteiger partial charge in [-0.1, -0.05) is 11.6 Å². The van der Waals surface area contributed by atoms with Crippen LogP contribution in [-0.4, -0.2) is 64.4 Å². The second-order valence-corrected chi connectivity index (χ2v) is 6.06. The number of ether oxygens (including phenoxy) is 1. The second kappa shape index (κ2) is 7.57. The van der Waals surface area contributed by atoms with Gasteiger partial charge >= 0.3 is 6.09 Å². The molecule has 0 N–H and O–H groups in total. The molecular formula is C17H19ClN4O3. The predicted molar refractivity (Wildman–Crippen MR) is 93.1 cm³/mol. The third-order valence-corrected chi connectivity index (χ3v) is 4.27. The molecule has 0 saturated carbocycles. The Morgan fingerprint density at radius 2 is 1.76 bits per heavy atom. The fourth-order valence-corrected chi connectivity index (χ4v) is 2.78. The Bertz CT molecular complexity index is 752. The summed E-state index contributed by atoms with van der Waals surface area (Å²) in [4.78, 5) is 27.7. The number of rotatable bonds is 3. The van der Waals surface area contributed by atoms with E-state index in [-0.39, 0.29) is 12.0 Å². The van der Waals surface area contributed by atoms with Gasteiger partial charge in [0.05, 0.1) is 24.1 Å². The van der Waals surface area contributed by atoms with Gasteiger partial charge in [0.15, 0.2) is 0 Å². The van der Waals surface area contributed by atoms with Crippen molar-refractivity contribution in [1.29, 1.82) is 0 Å². The first-order valence-electron chi connectivity index (χ1n) is 8.10. The van der Waals surface area contributed by atoms with Crippen LogP contribution in [-0.2, 0) is 4.74 Å². The van der Waals surface area contributed by atoms with Gasteiger partial charge in [-0.05, 0) is 31.2 Å². The van der Waals surface area contributed by atoms with Crippen LogP contribution >= 0.6 is 11.6 Å².